The third-order valence-corrected chi connectivity index (χ3v) is 3.34. The number of carbonyl (C=O) groups excluding carboxylic acids is 2. The molecular formula is C15H18N2O8. The van der Waals surface area contributed by atoms with Gasteiger partial charge in [0.15, 0.2) is 0 Å². The van der Waals surface area contributed by atoms with Crippen LogP contribution in [-0.4, -0.2) is 28.4 Å². The minimum absolute atomic E-state index is 0.0329. The maximum absolute atomic E-state index is 11.7. The number of esters is 2. The number of carbonyl (C=O) groups is 2. The summed E-state index contributed by atoms with van der Waals surface area (Å²) in [7, 11) is 0. The maximum atomic E-state index is 11.7. The van der Waals surface area contributed by atoms with Crippen LogP contribution in [0.5, 0.6) is 0 Å². The number of non-ortho nitro benzene ring substituents is 1. The Morgan fingerprint density at radius 3 is 2.16 bits per heavy atom. The third-order valence-electron chi connectivity index (χ3n) is 3.34. The van der Waals surface area contributed by atoms with Crippen molar-refractivity contribution in [1.29, 1.82) is 0 Å². The van der Waals surface area contributed by atoms with Gasteiger partial charge in [-0.25, -0.2) is 0 Å². The third kappa shape index (κ3) is 6.16. The van der Waals surface area contributed by atoms with Gasteiger partial charge in [-0.05, 0) is 20.3 Å². The number of hydrogen-bond donors (Lipinski definition) is 0. The number of hydrogen-bond acceptors (Lipinski definition) is 8. The van der Waals surface area contributed by atoms with E-state index in [1.54, 1.807) is 6.92 Å². The molecule has 136 valence electrons. The predicted molar refractivity (Wildman–Crippen MR) is 84.8 cm³/mol. The predicted octanol–water partition coefficient (Wildman–Crippen LogP) is 2.59. The van der Waals surface area contributed by atoms with Gasteiger partial charge < -0.3 is 9.47 Å². The second kappa shape index (κ2) is 9.30. The summed E-state index contributed by atoms with van der Waals surface area (Å²) in [6.07, 6.45) is 0.283. The van der Waals surface area contributed by atoms with E-state index in [-0.39, 0.29) is 43.6 Å². The molecule has 0 bridgehead atoms. The normalized spacial score (nSPS) is 10.2. The molecule has 0 heterocycles. The Morgan fingerprint density at radius 1 is 1.04 bits per heavy atom. The molecule has 1 aromatic carbocycles. The molecule has 10 nitrogen and oxygen atoms in total. The Hall–Kier alpha value is -3.04. The zero-order valence-electron chi connectivity index (χ0n) is 13.9. The molecule has 10 heteroatoms. The quantitative estimate of drug-likeness (QED) is 0.374. The van der Waals surface area contributed by atoms with Gasteiger partial charge in [-0.1, -0.05) is 0 Å². The zero-order valence-corrected chi connectivity index (χ0v) is 13.9. The van der Waals surface area contributed by atoms with Gasteiger partial charge in [0.05, 0.1) is 22.5 Å². The first-order valence-electron chi connectivity index (χ1n) is 7.49. The monoisotopic (exact) mass is 354 g/mol. The van der Waals surface area contributed by atoms with Crippen LogP contribution in [-0.2, 0) is 25.7 Å². The first-order valence-corrected chi connectivity index (χ1v) is 7.49. The lowest BCUT2D eigenvalue weighted by molar-refractivity contribution is -0.394. The van der Waals surface area contributed by atoms with E-state index in [0.717, 1.165) is 12.1 Å². The minimum Gasteiger partial charge on any atom is -0.466 e. The largest absolute Gasteiger partial charge is 0.466 e. The number of nitro groups is 2. The lowest BCUT2D eigenvalue weighted by atomic mass is 10.1. The Morgan fingerprint density at radius 2 is 1.64 bits per heavy atom. The fraction of sp³-hybridized carbons (Fsp3) is 0.467. The van der Waals surface area contributed by atoms with Gasteiger partial charge in [0.25, 0.3) is 11.4 Å². The summed E-state index contributed by atoms with van der Waals surface area (Å²) in [5.74, 6) is -1.03. The van der Waals surface area contributed by atoms with Gasteiger partial charge >= 0.3 is 11.9 Å². The van der Waals surface area contributed by atoms with Gasteiger partial charge in [0.2, 0.25) is 0 Å². The van der Waals surface area contributed by atoms with E-state index in [1.165, 1.54) is 6.92 Å². The lowest BCUT2D eigenvalue weighted by Gasteiger charge is -2.08. The van der Waals surface area contributed by atoms with Crippen LogP contribution >= 0.6 is 0 Å². The fourth-order valence-electron chi connectivity index (χ4n) is 2.03. The van der Waals surface area contributed by atoms with E-state index in [9.17, 15) is 29.8 Å². The molecule has 0 N–H and O–H groups in total. The standard InChI is InChI=1S/C15H18N2O8/c1-3-24-14(18)5-4-6-15(19)25-9-11-7-12(16(20)21)8-13(10(11)2)17(22)23/h7-8H,3-6,9H2,1-2H3. The maximum Gasteiger partial charge on any atom is 0.306 e. The first kappa shape index (κ1) is 20.0. The van der Waals surface area contributed by atoms with Crippen molar-refractivity contribution in [3.05, 3.63) is 43.5 Å². The molecule has 0 unspecified atom stereocenters. The van der Waals surface area contributed by atoms with Crippen LogP contribution in [0.15, 0.2) is 12.1 Å². The van der Waals surface area contributed by atoms with Gasteiger partial charge in [0, 0.05) is 30.0 Å². The molecule has 0 aliphatic heterocycles. The highest BCUT2D eigenvalue weighted by Crippen LogP contribution is 2.28. The molecule has 0 aliphatic rings. The summed E-state index contributed by atoms with van der Waals surface area (Å²) in [5, 5.41) is 21.8. The fourth-order valence-corrected chi connectivity index (χ4v) is 2.03. The van der Waals surface area contributed by atoms with Crippen molar-refractivity contribution in [1.82, 2.24) is 0 Å². The zero-order chi connectivity index (χ0) is 19.0. The van der Waals surface area contributed by atoms with Crippen molar-refractivity contribution < 1.29 is 28.9 Å². The Labute approximate surface area is 143 Å². The van der Waals surface area contributed by atoms with Crippen molar-refractivity contribution in [2.75, 3.05) is 6.61 Å². The first-order chi connectivity index (χ1) is 11.8. The van der Waals surface area contributed by atoms with Crippen LogP contribution in [0.4, 0.5) is 11.4 Å². The molecule has 0 saturated carbocycles. The van der Waals surface area contributed by atoms with E-state index in [4.69, 9.17) is 9.47 Å². The van der Waals surface area contributed by atoms with Crippen molar-refractivity contribution in [3.8, 4) is 0 Å². The van der Waals surface area contributed by atoms with Crippen LogP contribution < -0.4 is 0 Å². The molecule has 0 fully saturated rings. The van der Waals surface area contributed by atoms with E-state index in [1.807, 2.05) is 0 Å². The number of nitro benzene ring substituents is 2. The van der Waals surface area contributed by atoms with Crippen molar-refractivity contribution in [3.63, 3.8) is 0 Å². The van der Waals surface area contributed by atoms with Crippen molar-refractivity contribution in [2.24, 2.45) is 0 Å². The molecule has 0 saturated heterocycles. The van der Waals surface area contributed by atoms with Gasteiger partial charge in [-0.15, -0.1) is 0 Å². The molecule has 1 aromatic rings. The van der Waals surface area contributed by atoms with E-state index in [2.05, 4.69) is 0 Å². The second-order valence-corrected chi connectivity index (χ2v) is 5.08. The molecule has 0 radical (unpaired) electrons. The van der Waals surface area contributed by atoms with E-state index in [0.29, 0.717) is 0 Å². The Bertz CT molecular complexity index is 686. The molecule has 0 aromatic heterocycles. The Kier molecular flexibility index (Phi) is 7.44. The molecule has 0 aliphatic carbocycles. The summed E-state index contributed by atoms with van der Waals surface area (Å²) in [5.41, 5.74) is -0.497. The number of ether oxygens (including phenoxy) is 2. The summed E-state index contributed by atoms with van der Waals surface area (Å²) >= 11 is 0. The van der Waals surface area contributed by atoms with Crippen LogP contribution in [0.1, 0.15) is 37.3 Å². The van der Waals surface area contributed by atoms with Crippen LogP contribution in [0.2, 0.25) is 0 Å². The summed E-state index contributed by atoms with van der Waals surface area (Å²) in [4.78, 5) is 43.2. The average Bonchev–Trinajstić information content (AvgIpc) is 2.53. The highest BCUT2D eigenvalue weighted by Gasteiger charge is 2.22. The van der Waals surface area contributed by atoms with Crippen LogP contribution in [0.3, 0.4) is 0 Å². The smallest absolute Gasteiger partial charge is 0.306 e. The topological polar surface area (TPSA) is 139 Å². The van der Waals surface area contributed by atoms with Crippen LogP contribution in [0.25, 0.3) is 0 Å². The Balaban J connectivity index is 2.70. The molecule has 25 heavy (non-hydrogen) atoms. The van der Waals surface area contributed by atoms with Gasteiger partial charge in [-0.2, -0.15) is 0 Å². The van der Waals surface area contributed by atoms with Gasteiger partial charge in [0.1, 0.15) is 6.61 Å². The van der Waals surface area contributed by atoms with Crippen LogP contribution in [0, 0.1) is 27.2 Å². The molecule has 0 spiro atoms. The molecule has 0 atom stereocenters. The summed E-state index contributed by atoms with van der Waals surface area (Å²) in [6, 6.07) is 1.99. The minimum atomic E-state index is -0.753. The number of rotatable bonds is 9. The van der Waals surface area contributed by atoms with Crippen molar-refractivity contribution >= 4 is 23.3 Å². The lowest BCUT2D eigenvalue weighted by Crippen LogP contribution is -2.09. The molecular weight excluding hydrogens is 336 g/mol. The molecule has 1 rings (SSSR count). The van der Waals surface area contributed by atoms with E-state index < -0.39 is 33.2 Å². The molecule has 0 amide bonds. The summed E-state index contributed by atoms with van der Waals surface area (Å²) in [6.45, 7) is 3.03. The highest BCUT2D eigenvalue weighted by molar-refractivity contribution is 5.72. The highest BCUT2D eigenvalue weighted by atomic mass is 16.6. The SMILES string of the molecule is CCOC(=O)CCCC(=O)OCc1cc([N+](=O)[O-])cc([N+](=O)[O-])c1C. The number of nitrogens with zero attached hydrogens (tertiary/aromatic N) is 2. The van der Waals surface area contributed by atoms with Gasteiger partial charge in [-0.3, -0.25) is 29.8 Å². The second-order valence-electron chi connectivity index (χ2n) is 5.08. The van der Waals surface area contributed by atoms with E-state index >= 15 is 0 Å². The summed E-state index contributed by atoms with van der Waals surface area (Å²) < 4.78 is 9.71. The van der Waals surface area contributed by atoms with Crippen molar-refractivity contribution in [2.45, 2.75) is 39.7 Å². The average molecular weight is 354 g/mol. The number of benzene rings is 1.